The van der Waals surface area contributed by atoms with E-state index in [1.165, 1.54) is 30.6 Å². The molecule has 0 bridgehead atoms. The quantitative estimate of drug-likeness (QED) is 0.669. The topological polar surface area (TPSA) is 67.8 Å². The minimum absolute atomic E-state index is 0.115. The number of methoxy groups -OCH3 is 1. The van der Waals surface area contributed by atoms with Crippen LogP contribution in [0.15, 0.2) is 46.4 Å². The summed E-state index contributed by atoms with van der Waals surface area (Å²) in [4.78, 5) is 3.12. The first-order chi connectivity index (χ1) is 9.92. The number of ether oxygens (including phenoxy) is 1. The average molecular weight is 345 g/mol. The molecule has 0 spiro atoms. The average Bonchev–Trinajstić information content (AvgIpc) is 2.91. The van der Waals surface area contributed by atoms with Crippen LogP contribution in [0.1, 0.15) is 11.8 Å². The molecule has 0 aliphatic heterocycles. The second kappa shape index (κ2) is 6.46. The van der Waals surface area contributed by atoms with E-state index in [1.807, 2.05) is 0 Å². The summed E-state index contributed by atoms with van der Waals surface area (Å²) in [5.41, 5.74) is 0.545. The molecule has 1 heterocycles. The van der Waals surface area contributed by atoms with Gasteiger partial charge in [-0.3, -0.25) is 0 Å². The van der Waals surface area contributed by atoms with Gasteiger partial charge in [-0.2, -0.15) is 18.4 Å². The number of hydrogen-bond acceptors (Lipinski definition) is 5. The molecular weight excluding hydrogens is 332 g/mol. The molecule has 0 saturated heterocycles. The maximum Gasteiger partial charge on any atom is 0.276 e. The van der Waals surface area contributed by atoms with Crippen molar-refractivity contribution in [2.24, 2.45) is 5.10 Å². The number of hydrogen-bond donors (Lipinski definition) is 1. The number of benzene rings is 1. The molecule has 0 aliphatic carbocycles. The number of halogens is 1. The molecule has 0 amide bonds. The highest BCUT2D eigenvalue weighted by molar-refractivity contribution is 7.89. The molecule has 112 valence electrons. The number of nitrogens with one attached hydrogen (secondary N) is 1. The van der Waals surface area contributed by atoms with E-state index in [-0.39, 0.29) is 4.90 Å². The van der Waals surface area contributed by atoms with Crippen molar-refractivity contribution >= 4 is 38.7 Å². The van der Waals surface area contributed by atoms with Gasteiger partial charge >= 0.3 is 0 Å². The van der Waals surface area contributed by atoms with Gasteiger partial charge in [-0.1, -0.05) is 11.6 Å². The lowest BCUT2D eigenvalue weighted by Gasteiger charge is -2.05. The molecule has 0 saturated carbocycles. The molecule has 0 fully saturated rings. The van der Waals surface area contributed by atoms with Crippen molar-refractivity contribution in [3.05, 3.63) is 45.6 Å². The van der Waals surface area contributed by atoms with Crippen molar-refractivity contribution in [3.63, 3.8) is 0 Å². The Labute approximate surface area is 132 Å². The van der Waals surface area contributed by atoms with Crippen LogP contribution < -0.4 is 9.57 Å². The van der Waals surface area contributed by atoms with Gasteiger partial charge in [0, 0.05) is 0 Å². The van der Waals surface area contributed by atoms with Gasteiger partial charge < -0.3 is 4.74 Å². The Hall–Kier alpha value is -1.57. The number of rotatable bonds is 5. The van der Waals surface area contributed by atoms with Crippen LogP contribution in [-0.4, -0.2) is 21.2 Å². The van der Waals surface area contributed by atoms with Crippen LogP contribution in [0.4, 0.5) is 0 Å². The Balaban J connectivity index is 2.17. The number of hydrazone groups is 1. The Morgan fingerprint density at radius 3 is 2.43 bits per heavy atom. The molecule has 21 heavy (non-hydrogen) atoms. The van der Waals surface area contributed by atoms with Gasteiger partial charge in [0.05, 0.1) is 26.9 Å². The first-order valence-electron chi connectivity index (χ1n) is 5.88. The van der Waals surface area contributed by atoms with E-state index in [9.17, 15) is 8.42 Å². The lowest BCUT2D eigenvalue weighted by atomic mass is 10.3. The fourth-order valence-electron chi connectivity index (χ4n) is 1.50. The first kappa shape index (κ1) is 15.8. The van der Waals surface area contributed by atoms with Crippen LogP contribution >= 0.6 is 22.9 Å². The summed E-state index contributed by atoms with van der Waals surface area (Å²) >= 11 is 7.16. The molecule has 0 unspecified atom stereocenters. The molecule has 2 rings (SSSR count). The maximum atomic E-state index is 12.1. The highest BCUT2D eigenvalue weighted by Crippen LogP contribution is 2.22. The third-order valence-electron chi connectivity index (χ3n) is 2.63. The molecule has 1 aromatic carbocycles. The summed E-state index contributed by atoms with van der Waals surface area (Å²) < 4.78 is 29.8. The Morgan fingerprint density at radius 1 is 1.24 bits per heavy atom. The standard InChI is InChI=1S/C13H13ClN2O3S2/c1-9(12-7-8-13(14)20-12)15-16-21(17,18)11-5-3-10(19-2)4-6-11/h3-8,16H,1-2H3. The predicted molar refractivity (Wildman–Crippen MR) is 84.9 cm³/mol. The van der Waals surface area contributed by atoms with Crippen LogP contribution in [0.25, 0.3) is 0 Å². The van der Waals surface area contributed by atoms with E-state index in [4.69, 9.17) is 16.3 Å². The highest BCUT2D eigenvalue weighted by atomic mass is 35.5. The number of nitrogens with zero attached hydrogens (tertiary/aromatic N) is 1. The van der Waals surface area contributed by atoms with E-state index in [0.29, 0.717) is 15.8 Å². The Morgan fingerprint density at radius 2 is 1.90 bits per heavy atom. The van der Waals surface area contributed by atoms with E-state index in [1.54, 1.807) is 31.2 Å². The number of sulfonamides is 1. The molecule has 0 atom stereocenters. The lowest BCUT2D eigenvalue weighted by molar-refractivity contribution is 0.414. The maximum absolute atomic E-state index is 12.1. The molecule has 0 aliphatic rings. The van der Waals surface area contributed by atoms with Crippen LogP contribution in [0, 0.1) is 0 Å². The predicted octanol–water partition coefficient (Wildman–Crippen LogP) is 3.11. The van der Waals surface area contributed by atoms with Crippen molar-refractivity contribution in [1.29, 1.82) is 0 Å². The monoisotopic (exact) mass is 344 g/mol. The van der Waals surface area contributed by atoms with Gasteiger partial charge in [-0.05, 0) is 43.3 Å². The van der Waals surface area contributed by atoms with Crippen LogP contribution in [0.3, 0.4) is 0 Å². The van der Waals surface area contributed by atoms with Crippen LogP contribution in [0.2, 0.25) is 4.34 Å². The zero-order valence-corrected chi connectivity index (χ0v) is 13.7. The first-order valence-corrected chi connectivity index (χ1v) is 8.56. The highest BCUT2D eigenvalue weighted by Gasteiger charge is 2.13. The van der Waals surface area contributed by atoms with Gasteiger partial charge in [-0.15, -0.1) is 11.3 Å². The van der Waals surface area contributed by atoms with Crippen molar-refractivity contribution in [3.8, 4) is 5.75 Å². The smallest absolute Gasteiger partial charge is 0.276 e. The third kappa shape index (κ3) is 3.96. The largest absolute Gasteiger partial charge is 0.497 e. The van der Waals surface area contributed by atoms with Crippen LogP contribution in [0.5, 0.6) is 5.75 Å². The summed E-state index contributed by atoms with van der Waals surface area (Å²) in [6, 6.07) is 9.57. The summed E-state index contributed by atoms with van der Waals surface area (Å²) in [5, 5.41) is 3.90. The summed E-state index contributed by atoms with van der Waals surface area (Å²) in [5.74, 6) is 0.585. The fraction of sp³-hybridized carbons (Fsp3) is 0.154. The van der Waals surface area contributed by atoms with Crippen molar-refractivity contribution < 1.29 is 13.2 Å². The van der Waals surface area contributed by atoms with Crippen molar-refractivity contribution in [2.45, 2.75) is 11.8 Å². The zero-order chi connectivity index (χ0) is 15.5. The molecule has 1 N–H and O–H groups in total. The molecule has 0 radical (unpaired) electrons. The molecule has 5 nitrogen and oxygen atoms in total. The normalized spacial score (nSPS) is 12.2. The van der Waals surface area contributed by atoms with Gasteiger partial charge in [-0.25, -0.2) is 0 Å². The fourth-order valence-corrected chi connectivity index (χ4v) is 3.34. The third-order valence-corrected chi connectivity index (χ3v) is 5.20. The second-order valence-electron chi connectivity index (χ2n) is 4.07. The van der Waals surface area contributed by atoms with E-state index in [2.05, 4.69) is 9.93 Å². The van der Waals surface area contributed by atoms with E-state index >= 15 is 0 Å². The Bertz CT molecular complexity index is 752. The molecular formula is C13H13ClN2O3S2. The van der Waals surface area contributed by atoms with Crippen molar-refractivity contribution in [1.82, 2.24) is 4.83 Å². The van der Waals surface area contributed by atoms with Gasteiger partial charge in [0.2, 0.25) is 0 Å². The van der Waals surface area contributed by atoms with Gasteiger partial charge in [0.1, 0.15) is 5.75 Å². The molecule has 2 aromatic rings. The van der Waals surface area contributed by atoms with Crippen molar-refractivity contribution in [2.75, 3.05) is 7.11 Å². The van der Waals surface area contributed by atoms with E-state index < -0.39 is 10.0 Å². The minimum Gasteiger partial charge on any atom is -0.497 e. The SMILES string of the molecule is COc1ccc(S(=O)(=O)NN=C(C)c2ccc(Cl)s2)cc1. The minimum atomic E-state index is -3.70. The Kier molecular flexibility index (Phi) is 4.87. The second-order valence-corrected chi connectivity index (χ2v) is 7.45. The summed E-state index contributed by atoms with van der Waals surface area (Å²) in [6.45, 7) is 1.71. The lowest BCUT2D eigenvalue weighted by Crippen LogP contribution is -2.19. The summed E-state index contributed by atoms with van der Waals surface area (Å²) in [7, 11) is -2.19. The number of thiophene rings is 1. The molecule has 1 aromatic heterocycles. The van der Waals surface area contributed by atoms with Gasteiger partial charge in [0.25, 0.3) is 10.0 Å². The zero-order valence-electron chi connectivity index (χ0n) is 11.3. The van der Waals surface area contributed by atoms with Gasteiger partial charge in [0.15, 0.2) is 0 Å². The van der Waals surface area contributed by atoms with E-state index in [0.717, 1.165) is 4.88 Å². The molecule has 8 heteroatoms. The summed E-state index contributed by atoms with van der Waals surface area (Å²) in [6.07, 6.45) is 0. The van der Waals surface area contributed by atoms with Crippen LogP contribution in [-0.2, 0) is 10.0 Å².